The Bertz CT molecular complexity index is 660. The minimum Gasteiger partial charge on any atom is -0.465 e. The van der Waals surface area contributed by atoms with E-state index in [0.29, 0.717) is 24.7 Å². The van der Waals surface area contributed by atoms with Gasteiger partial charge in [0.1, 0.15) is 0 Å². The van der Waals surface area contributed by atoms with Crippen molar-refractivity contribution in [2.24, 2.45) is 0 Å². The predicted molar refractivity (Wildman–Crippen MR) is 109 cm³/mol. The van der Waals surface area contributed by atoms with E-state index in [1.54, 1.807) is 0 Å². The SMILES string of the molecule is CCOCOc1c(Br)cc2c(Br)c(OCOCC)c(Br)cc2c1Br. The van der Waals surface area contributed by atoms with Gasteiger partial charge in [-0.1, -0.05) is 0 Å². The lowest BCUT2D eigenvalue weighted by atomic mass is 10.1. The van der Waals surface area contributed by atoms with Crippen molar-refractivity contribution in [3.05, 3.63) is 30.0 Å². The Morgan fingerprint density at radius 2 is 1.08 bits per heavy atom. The molecule has 0 spiro atoms. The quantitative estimate of drug-likeness (QED) is 0.255. The molecular formula is C16H16Br4O4. The van der Waals surface area contributed by atoms with Crippen molar-refractivity contribution in [3.8, 4) is 11.5 Å². The number of hydrogen-bond acceptors (Lipinski definition) is 4. The van der Waals surface area contributed by atoms with E-state index in [1.165, 1.54) is 0 Å². The molecule has 132 valence electrons. The van der Waals surface area contributed by atoms with Crippen LogP contribution in [0.25, 0.3) is 10.8 Å². The van der Waals surface area contributed by atoms with Crippen molar-refractivity contribution in [2.75, 3.05) is 26.8 Å². The first-order chi connectivity index (χ1) is 11.5. The number of ether oxygens (including phenoxy) is 4. The molecule has 0 amide bonds. The molecule has 0 aliphatic carbocycles. The van der Waals surface area contributed by atoms with Crippen molar-refractivity contribution in [1.82, 2.24) is 0 Å². The van der Waals surface area contributed by atoms with Gasteiger partial charge in [-0.2, -0.15) is 0 Å². The first-order valence-corrected chi connectivity index (χ1v) is 10.4. The minimum absolute atomic E-state index is 0.192. The van der Waals surface area contributed by atoms with Crippen molar-refractivity contribution in [3.63, 3.8) is 0 Å². The van der Waals surface area contributed by atoms with Gasteiger partial charge in [0.05, 0.1) is 17.9 Å². The molecule has 0 heterocycles. The Morgan fingerprint density at radius 1 is 0.708 bits per heavy atom. The summed E-state index contributed by atoms with van der Waals surface area (Å²) in [5.41, 5.74) is 0. The Morgan fingerprint density at radius 3 is 1.42 bits per heavy atom. The van der Waals surface area contributed by atoms with Crippen molar-refractivity contribution >= 4 is 74.5 Å². The third-order valence-electron chi connectivity index (χ3n) is 3.12. The fourth-order valence-corrected chi connectivity index (χ4v) is 4.92. The summed E-state index contributed by atoms with van der Waals surface area (Å²) in [6.07, 6.45) is 0. The number of rotatable bonds is 8. The van der Waals surface area contributed by atoms with Crippen molar-refractivity contribution in [1.29, 1.82) is 0 Å². The lowest BCUT2D eigenvalue weighted by molar-refractivity contribution is 0.0211. The van der Waals surface area contributed by atoms with Crippen LogP contribution in [-0.4, -0.2) is 26.8 Å². The topological polar surface area (TPSA) is 36.9 Å². The van der Waals surface area contributed by atoms with E-state index in [9.17, 15) is 0 Å². The molecule has 8 heteroatoms. The van der Waals surface area contributed by atoms with Crippen LogP contribution in [0.1, 0.15) is 13.8 Å². The highest BCUT2D eigenvalue weighted by atomic mass is 79.9. The van der Waals surface area contributed by atoms with Crippen LogP contribution in [-0.2, 0) is 9.47 Å². The fraction of sp³-hybridized carbons (Fsp3) is 0.375. The summed E-state index contributed by atoms with van der Waals surface area (Å²) in [6, 6.07) is 3.96. The highest BCUT2D eigenvalue weighted by Crippen LogP contribution is 2.47. The zero-order valence-corrected chi connectivity index (χ0v) is 19.5. The summed E-state index contributed by atoms with van der Waals surface area (Å²) in [6.45, 7) is 5.42. The molecule has 0 bridgehead atoms. The van der Waals surface area contributed by atoms with Gasteiger partial charge in [-0.25, -0.2) is 0 Å². The average Bonchev–Trinajstić information content (AvgIpc) is 2.55. The molecule has 0 unspecified atom stereocenters. The fourth-order valence-electron chi connectivity index (χ4n) is 1.99. The van der Waals surface area contributed by atoms with Crippen LogP contribution in [0.4, 0.5) is 0 Å². The Balaban J connectivity index is 2.46. The molecule has 0 N–H and O–H groups in total. The van der Waals surface area contributed by atoms with Gasteiger partial charge < -0.3 is 18.9 Å². The van der Waals surface area contributed by atoms with Gasteiger partial charge in [0.15, 0.2) is 25.1 Å². The molecule has 2 rings (SSSR count). The lowest BCUT2D eigenvalue weighted by Crippen LogP contribution is -2.04. The van der Waals surface area contributed by atoms with Gasteiger partial charge in [-0.3, -0.25) is 0 Å². The van der Waals surface area contributed by atoms with E-state index in [-0.39, 0.29) is 13.6 Å². The largest absolute Gasteiger partial charge is 0.465 e. The summed E-state index contributed by atoms with van der Waals surface area (Å²) in [4.78, 5) is 0. The Hall–Kier alpha value is 0.140. The maximum absolute atomic E-state index is 5.71. The molecule has 0 aliphatic heterocycles. The maximum Gasteiger partial charge on any atom is 0.189 e. The van der Waals surface area contributed by atoms with Crippen LogP contribution in [0.5, 0.6) is 11.5 Å². The normalized spacial score (nSPS) is 11.1. The first-order valence-electron chi connectivity index (χ1n) is 7.22. The Labute approximate surface area is 174 Å². The average molecular weight is 592 g/mol. The highest BCUT2D eigenvalue weighted by Gasteiger charge is 2.18. The van der Waals surface area contributed by atoms with Crippen LogP contribution >= 0.6 is 63.7 Å². The summed E-state index contributed by atoms with van der Waals surface area (Å²) in [5.74, 6) is 1.38. The maximum atomic E-state index is 5.71. The Kier molecular flexibility index (Phi) is 8.29. The summed E-state index contributed by atoms with van der Waals surface area (Å²) in [5, 5.41) is 1.96. The van der Waals surface area contributed by atoms with Gasteiger partial charge in [0.25, 0.3) is 0 Å². The van der Waals surface area contributed by atoms with Crippen molar-refractivity contribution in [2.45, 2.75) is 13.8 Å². The lowest BCUT2D eigenvalue weighted by Gasteiger charge is -2.16. The highest BCUT2D eigenvalue weighted by molar-refractivity contribution is 9.11. The van der Waals surface area contributed by atoms with E-state index in [2.05, 4.69) is 63.7 Å². The second-order valence-corrected chi connectivity index (χ2v) is 7.90. The first kappa shape index (κ1) is 20.5. The predicted octanol–water partition coefficient (Wildman–Crippen LogP) is 6.64. The van der Waals surface area contributed by atoms with Gasteiger partial charge >= 0.3 is 0 Å². The molecule has 0 saturated heterocycles. The number of benzene rings is 2. The van der Waals surface area contributed by atoms with Crippen molar-refractivity contribution < 1.29 is 18.9 Å². The van der Waals surface area contributed by atoms with E-state index >= 15 is 0 Å². The second-order valence-electron chi connectivity index (χ2n) is 4.61. The molecule has 0 fully saturated rings. The van der Waals surface area contributed by atoms with Crippen LogP contribution < -0.4 is 9.47 Å². The molecule has 2 aromatic rings. The molecule has 0 aromatic heterocycles. The summed E-state index contributed by atoms with van der Waals surface area (Å²) in [7, 11) is 0. The van der Waals surface area contributed by atoms with Crippen LogP contribution in [0.15, 0.2) is 30.0 Å². The molecule has 0 saturated carbocycles. The van der Waals surface area contributed by atoms with E-state index in [0.717, 1.165) is 28.7 Å². The molecule has 2 aromatic carbocycles. The standard InChI is InChI=1S/C16H16Br4O4/c1-3-21-7-23-15-11(17)5-10-9(13(15)19)6-12(18)16(14(10)20)24-8-22-4-2/h5-6H,3-4,7-8H2,1-2H3. The van der Waals surface area contributed by atoms with Gasteiger partial charge in [-0.15, -0.1) is 0 Å². The van der Waals surface area contributed by atoms with E-state index < -0.39 is 0 Å². The number of fused-ring (bicyclic) bond motifs is 1. The summed E-state index contributed by atoms with van der Waals surface area (Å²) < 4.78 is 25.3. The van der Waals surface area contributed by atoms with Crippen LogP contribution in [0, 0.1) is 0 Å². The monoisotopic (exact) mass is 588 g/mol. The van der Waals surface area contributed by atoms with Crippen LogP contribution in [0.2, 0.25) is 0 Å². The van der Waals surface area contributed by atoms with Crippen LogP contribution in [0.3, 0.4) is 0 Å². The second kappa shape index (κ2) is 9.73. The minimum atomic E-state index is 0.192. The molecule has 0 atom stereocenters. The third kappa shape index (κ3) is 4.65. The molecule has 4 nitrogen and oxygen atoms in total. The smallest absolute Gasteiger partial charge is 0.189 e. The van der Waals surface area contributed by atoms with Gasteiger partial charge in [0, 0.05) is 24.0 Å². The van der Waals surface area contributed by atoms with E-state index in [4.69, 9.17) is 18.9 Å². The molecule has 0 radical (unpaired) electrons. The zero-order valence-electron chi connectivity index (χ0n) is 13.1. The molecule has 24 heavy (non-hydrogen) atoms. The summed E-state index contributed by atoms with van der Waals surface area (Å²) >= 11 is 14.4. The van der Waals surface area contributed by atoms with Gasteiger partial charge in [-0.05, 0) is 89.7 Å². The zero-order chi connectivity index (χ0) is 17.7. The van der Waals surface area contributed by atoms with E-state index in [1.807, 2.05) is 26.0 Å². The van der Waals surface area contributed by atoms with Gasteiger partial charge in [0.2, 0.25) is 0 Å². The molecular weight excluding hydrogens is 576 g/mol. The number of hydrogen-bond donors (Lipinski definition) is 0. The third-order valence-corrected chi connectivity index (χ3v) is 5.87. The molecule has 0 aliphatic rings. The number of halogens is 4.